The third-order valence-electron chi connectivity index (χ3n) is 13.4. The maximum atomic E-state index is 2.54. The normalized spacial score (nSPS) is 15.2. The van der Waals surface area contributed by atoms with Gasteiger partial charge in [0.15, 0.2) is 0 Å². The van der Waals surface area contributed by atoms with Crippen molar-refractivity contribution in [1.82, 2.24) is 0 Å². The van der Waals surface area contributed by atoms with Gasteiger partial charge in [-0.05, 0) is 133 Å². The van der Waals surface area contributed by atoms with Crippen LogP contribution in [0.3, 0.4) is 0 Å². The van der Waals surface area contributed by atoms with Crippen molar-refractivity contribution in [3.8, 4) is 22.3 Å². The first-order chi connectivity index (χ1) is 27.2. The topological polar surface area (TPSA) is 3.24 Å². The van der Waals surface area contributed by atoms with Crippen molar-refractivity contribution in [2.75, 3.05) is 11.4 Å². The Morgan fingerprint density at radius 2 is 0.709 bits per heavy atom. The monoisotopic (exact) mass is 701 g/mol. The van der Waals surface area contributed by atoms with Gasteiger partial charge in [0.25, 0.3) is 0 Å². The van der Waals surface area contributed by atoms with E-state index in [2.05, 4.69) is 194 Å². The van der Waals surface area contributed by atoms with E-state index in [1.54, 1.807) is 0 Å². The molecule has 0 N–H and O–H groups in total. The van der Waals surface area contributed by atoms with Crippen molar-refractivity contribution < 1.29 is 0 Å². The lowest BCUT2D eigenvalue weighted by Crippen LogP contribution is -2.35. The molecule has 0 radical (unpaired) electrons. The summed E-state index contributed by atoms with van der Waals surface area (Å²) in [6.07, 6.45) is 1.86. The SMILES string of the molecule is CCN(c1ccc2c(c1)Cc1ccccc1C21c2ccccc2-c2ccccc21)c1ccc2c(c1)C1(c3ccccc3C2)c2ccccc2-c2ccccc21. The average molecular weight is 702 g/mol. The summed E-state index contributed by atoms with van der Waals surface area (Å²) >= 11 is 0. The molecule has 260 valence electrons. The fraction of sp³-hybridized carbons (Fsp3) is 0.111. The zero-order chi connectivity index (χ0) is 36.3. The smallest absolute Gasteiger partial charge is 0.0719 e. The minimum Gasteiger partial charge on any atom is -0.342 e. The molecule has 4 aliphatic rings. The molecule has 0 fully saturated rings. The van der Waals surface area contributed by atoms with Crippen LogP contribution in [0.25, 0.3) is 22.3 Å². The Morgan fingerprint density at radius 3 is 1.22 bits per heavy atom. The predicted molar refractivity (Wildman–Crippen MR) is 226 cm³/mol. The third kappa shape index (κ3) is 3.88. The molecule has 0 heterocycles. The van der Waals surface area contributed by atoms with Crippen LogP contribution in [-0.2, 0) is 23.7 Å². The zero-order valence-corrected chi connectivity index (χ0v) is 30.9. The lowest BCUT2D eigenvalue weighted by atomic mass is 9.61. The zero-order valence-electron chi connectivity index (χ0n) is 30.9. The highest BCUT2D eigenvalue weighted by Crippen LogP contribution is 2.61. The van der Waals surface area contributed by atoms with Gasteiger partial charge in [0.1, 0.15) is 0 Å². The summed E-state index contributed by atoms with van der Waals surface area (Å²) in [5.74, 6) is 0. The van der Waals surface area contributed by atoms with Gasteiger partial charge in [0.2, 0.25) is 0 Å². The molecule has 0 atom stereocenters. The van der Waals surface area contributed by atoms with E-state index in [9.17, 15) is 0 Å². The first-order valence-electron chi connectivity index (χ1n) is 19.8. The van der Waals surface area contributed by atoms with Crippen molar-refractivity contribution in [3.05, 3.63) is 249 Å². The maximum Gasteiger partial charge on any atom is 0.0719 e. The lowest BCUT2D eigenvalue weighted by Gasteiger charge is -2.41. The highest BCUT2D eigenvalue weighted by atomic mass is 15.1. The van der Waals surface area contributed by atoms with Crippen LogP contribution >= 0.6 is 0 Å². The number of fused-ring (bicyclic) bond motifs is 18. The van der Waals surface area contributed by atoms with Gasteiger partial charge in [-0.2, -0.15) is 0 Å². The van der Waals surface area contributed by atoms with E-state index in [1.807, 2.05) is 0 Å². The largest absolute Gasteiger partial charge is 0.342 e. The lowest BCUT2D eigenvalue weighted by molar-refractivity contribution is 0.720. The second kappa shape index (κ2) is 11.3. The average Bonchev–Trinajstić information content (AvgIpc) is 3.70. The number of anilines is 2. The van der Waals surface area contributed by atoms with Gasteiger partial charge < -0.3 is 4.90 Å². The van der Waals surface area contributed by atoms with Crippen LogP contribution in [0.4, 0.5) is 11.4 Å². The Bertz CT molecular complexity index is 2800. The van der Waals surface area contributed by atoms with Crippen molar-refractivity contribution in [1.29, 1.82) is 0 Å². The Morgan fingerprint density at radius 1 is 0.345 bits per heavy atom. The molecule has 2 spiro atoms. The first kappa shape index (κ1) is 31.0. The Labute approximate surface area is 323 Å². The molecule has 0 saturated carbocycles. The summed E-state index contributed by atoms with van der Waals surface area (Å²) in [4.78, 5) is 2.53. The molecule has 4 aliphatic carbocycles. The van der Waals surface area contributed by atoms with Gasteiger partial charge in [-0.15, -0.1) is 0 Å². The number of hydrogen-bond donors (Lipinski definition) is 0. The van der Waals surface area contributed by atoms with E-state index in [4.69, 9.17) is 0 Å². The van der Waals surface area contributed by atoms with Crippen LogP contribution in [-0.4, -0.2) is 6.54 Å². The molecule has 0 saturated heterocycles. The highest BCUT2D eigenvalue weighted by molar-refractivity contribution is 5.90. The second-order valence-electron chi connectivity index (χ2n) is 15.8. The fourth-order valence-corrected chi connectivity index (χ4v) is 11.4. The molecule has 0 aromatic heterocycles. The summed E-state index contributed by atoms with van der Waals surface area (Å²) in [5, 5.41) is 0. The number of benzene rings is 8. The first-order valence-corrected chi connectivity index (χ1v) is 19.8. The molecular formula is C54H39N. The van der Waals surface area contributed by atoms with Gasteiger partial charge >= 0.3 is 0 Å². The standard InChI is InChI=1S/C54H39N/c1-2-55(39-29-30-47-38(33-39)32-36-16-4-9-21-45(36)53(47)48-23-11-5-17-41(48)42-18-6-12-24-49(42)53)40-28-27-37-31-35-15-3-10-22-46(35)54(52(37)34-40)50-25-13-7-19-43(50)44-20-8-14-26-51(44)54/h3-30,33-34H,2,31-32H2,1H3. The molecule has 55 heavy (non-hydrogen) atoms. The minimum atomic E-state index is -0.373. The van der Waals surface area contributed by atoms with E-state index in [0.29, 0.717) is 0 Å². The van der Waals surface area contributed by atoms with E-state index < -0.39 is 0 Å². The fourth-order valence-electron chi connectivity index (χ4n) is 11.4. The van der Waals surface area contributed by atoms with Gasteiger partial charge in [-0.25, -0.2) is 0 Å². The summed E-state index contributed by atoms with van der Waals surface area (Å²) < 4.78 is 0. The van der Waals surface area contributed by atoms with Gasteiger partial charge in [0.05, 0.1) is 10.8 Å². The van der Waals surface area contributed by atoms with Crippen LogP contribution < -0.4 is 4.90 Å². The van der Waals surface area contributed by atoms with Crippen LogP contribution in [0.1, 0.15) is 73.7 Å². The summed E-state index contributed by atoms with van der Waals surface area (Å²) in [7, 11) is 0. The van der Waals surface area contributed by atoms with E-state index in [-0.39, 0.29) is 10.8 Å². The molecule has 0 aliphatic heterocycles. The van der Waals surface area contributed by atoms with Crippen LogP contribution in [0.5, 0.6) is 0 Å². The Balaban J connectivity index is 1.05. The van der Waals surface area contributed by atoms with Crippen LogP contribution in [0, 0.1) is 0 Å². The molecule has 1 heteroatoms. The van der Waals surface area contributed by atoms with E-state index >= 15 is 0 Å². The van der Waals surface area contributed by atoms with Crippen molar-refractivity contribution in [3.63, 3.8) is 0 Å². The molecule has 0 bridgehead atoms. The predicted octanol–water partition coefficient (Wildman–Crippen LogP) is 12.4. The van der Waals surface area contributed by atoms with Gasteiger partial charge in [0, 0.05) is 17.9 Å². The third-order valence-corrected chi connectivity index (χ3v) is 13.4. The molecule has 12 rings (SSSR count). The Kier molecular flexibility index (Phi) is 6.36. The quantitative estimate of drug-likeness (QED) is 0.177. The van der Waals surface area contributed by atoms with Crippen molar-refractivity contribution >= 4 is 11.4 Å². The van der Waals surface area contributed by atoms with Crippen LogP contribution in [0.15, 0.2) is 182 Å². The van der Waals surface area contributed by atoms with E-state index in [1.165, 1.54) is 100 Å². The summed E-state index contributed by atoms with van der Waals surface area (Å²) in [6, 6.07) is 69.5. The van der Waals surface area contributed by atoms with Crippen molar-refractivity contribution in [2.24, 2.45) is 0 Å². The molecule has 0 amide bonds. The number of nitrogens with zero attached hydrogens (tertiary/aromatic N) is 1. The minimum absolute atomic E-state index is 0.345. The summed E-state index contributed by atoms with van der Waals surface area (Å²) in [6.45, 7) is 3.16. The van der Waals surface area contributed by atoms with Gasteiger partial charge in [-0.1, -0.05) is 158 Å². The van der Waals surface area contributed by atoms with Gasteiger partial charge in [-0.3, -0.25) is 0 Å². The highest BCUT2D eigenvalue weighted by Gasteiger charge is 2.51. The molecule has 1 nitrogen and oxygen atoms in total. The maximum absolute atomic E-state index is 2.54. The van der Waals surface area contributed by atoms with E-state index in [0.717, 1.165) is 19.4 Å². The molecule has 0 unspecified atom stereocenters. The summed E-state index contributed by atoms with van der Waals surface area (Å²) in [5.41, 5.74) is 24.0. The van der Waals surface area contributed by atoms with Crippen molar-refractivity contribution in [2.45, 2.75) is 30.6 Å². The molecule has 8 aromatic carbocycles. The number of hydrogen-bond acceptors (Lipinski definition) is 1. The number of rotatable bonds is 3. The molecule has 8 aromatic rings. The Hall–Kier alpha value is -6.44. The second-order valence-corrected chi connectivity index (χ2v) is 15.8. The molecular weight excluding hydrogens is 663 g/mol. The van der Waals surface area contributed by atoms with Crippen LogP contribution in [0.2, 0.25) is 0 Å².